The Balaban J connectivity index is 1.44. The molecule has 35 heavy (non-hydrogen) atoms. The van der Waals surface area contributed by atoms with E-state index in [1.165, 1.54) is 12.3 Å². The Labute approximate surface area is 200 Å². The number of hydrogen-bond acceptors (Lipinski definition) is 4. The monoisotopic (exact) mass is 482 g/mol. The average Bonchev–Trinajstić information content (AvgIpc) is 3.29. The lowest BCUT2D eigenvalue weighted by Crippen LogP contribution is -2.22. The molecule has 4 rings (SSSR count). The molecule has 0 saturated heterocycles. The van der Waals surface area contributed by atoms with Crippen LogP contribution in [0.3, 0.4) is 0 Å². The van der Waals surface area contributed by atoms with Crippen molar-refractivity contribution in [2.75, 3.05) is 23.7 Å². The van der Waals surface area contributed by atoms with Crippen molar-refractivity contribution in [2.45, 2.75) is 26.6 Å². The predicted octanol–water partition coefficient (Wildman–Crippen LogP) is 6.13. The third-order valence-electron chi connectivity index (χ3n) is 5.70. The second-order valence-electron chi connectivity index (χ2n) is 7.97. The smallest absolute Gasteiger partial charge is 0.308 e. The average molecular weight is 483 g/mol. The molecular weight excluding hydrogens is 457 g/mol. The second kappa shape index (κ2) is 10.1. The maximum absolute atomic E-state index is 13.4. The summed E-state index contributed by atoms with van der Waals surface area (Å²) in [6.45, 7) is 7.01. The summed E-state index contributed by atoms with van der Waals surface area (Å²) in [6.07, 6.45) is -3.18. The molecule has 2 heterocycles. The normalized spacial score (nSPS) is 11.7. The number of carbonyl (C=O) groups excluding carboxylic acids is 1. The number of aromatic amines is 1. The Morgan fingerprint density at radius 2 is 1.54 bits per heavy atom. The van der Waals surface area contributed by atoms with Gasteiger partial charge in [-0.3, -0.25) is 10.00 Å². The molecule has 0 aliphatic carbocycles. The Morgan fingerprint density at radius 3 is 2.11 bits per heavy atom. The number of hydrogen-bond donors (Lipinski definition) is 3. The van der Waals surface area contributed by atoms with E-state index in [0.29, 0.717) is 22.5 Å². The minimum atomic E-state index is -4.59. The zero-order chi connectivity index (χ0) is 25.0. The number of anilines is 2. The summed E-state index contributed by atoms with van der Waals surface area (Å²) in [5, 5.41) is 11.1. The van der Waals surface area contributed by atoms with Crippen molar-refractivity contribution in [3.05, 3.63) is 72.1 Å². The van der Waals surface area contributed by atoms with Crippen molar-refractivity contribution >= 4 is 28.4 Å². The molecule has 0 aliphatic rings. The largest absolute Gasteiger partial charge is 0.433 e. The number of pyridine rings is 1. The van der Waals surface area contributed by atoms with Crippen LogP contribution in [0.25, 0.3) is 22.2 Å². The van der Waals surface area contributed by atoms with E-state index in [1.807, 2.05) is 29.4 Å². The van der Waals surface area contributed by atoms with E-state index in [2.05, 4.69) is 39.5 Å². The van der Waals surface area contributed by atoms with Gasteiger partial charge in [-0.25, -0.2) is 9.78 Å². The highest BCUT2D eigenvalue weighted by molar-refractivity contribution is 6.00. The first-order valence-electron chi connectivity index (χ1n) is 11.2. The van der Waals surface area contributed by atoms with Crippen LogP contribution in [0.15, 0.2) is 60.8 Å². The number of H-pyrrole nitrogens is 1. The molecular formula is C25H25F3N6O. The van der Waals surface area contributed by atoms with Crippen LogP contribution in [0, 0.1) is 0 Å². The lowest BCUT2D eigenvalue weighted by atomic mass is 10.0. The van der Waals surface area contributed by atoms with Crippen LogP contribution in [-0.4, -0.2) is 39.2 Å². The van der Waals surface area contributed by atoms with Crippen LogP contribution in [0.2, 0.25) is 0 Å². The number of fused-ring (bicyclic) bond motifs is 1. The molecule has 182 valence electrons. The van der Waals surface area contributed by atoms with Crippen LogP contribution in [-0.2, 0) is 12.7 Å². The maximum atomic E-state index is 13.4. The molecule has 0 aliphatic heterocycles. The number of urea groups is 1. The summed E-state index contributed by atoms with van der Waals surface area (Å²) in [4.78, 5) is 18.6. The van der Waals surface area contributed by atoms with Gasteiger partial charge >= 0.3 is 12.2 Å². The molecule has 0 unspecified atom stereocenters. The lowest BCUT2D eigenvalue weighted by Gasteiger charge is -2.18. The molecule has 0 atom stereocenters. The number of alkyl halides is 3. The highest BCUT2D eigenvalue weighted by atomic mass is 19.4. The van der Waals surface area contributed by atoms with Crippen LogP contribution >= 0.6 is 0 Å². The van der Waals surface area contributed by atoms with Crippen LogP contribution in [0.1, 0.15) is 25.1 Å². The van der Waals surface area contributed by atoms with Gasteiger partial charge in [-0.1, -0.05) is 38.1 Å². The van der Waals surface area contributed by atoms with Gasteiger partial charge in [0.1, 0.15) is 5.69 Å². The molecule has 0 radical (unpaired) electrons. The van der Waals surface area contributed by atoms with Gasteiger partial charge in [-0.2, -0.15) is 18.3 Å². The van der Waals surface area contributed by atoms with E-state index in [4.69, 9.17) is 0 Å². The van der Waals surface area contributed by atoms with E-state index >= 15 is 0 Å². The number of carbonyl (C=O) groups is 1. The Morgan fingerprint density at radius 1 is 0.943 bits per heavy atom. The van der Waals surface area contributed by atoms with Gasteiger partial charge in [-0.05, 0) is 60.1 Å². The van der Waals surface area contributed by atoms with Gasteiger partial charge < -0.3 is 10.6 Å². The molecule has 2 aromatic heterocycles. The van der Waals surface area contributed by atoms with E-state index < -0.39 is 17.9 Å². The zero-order valence-corrected chi connectivity index (χ0v) is 19.3. The Hall–Kier alpha value is -3.92. The SMILES string of the molecule is CCN(CC)Cc1ccc(NC(=O)Nc2ccc(-c3ccnc4n[nH]c(C(F)(F)F)c34)cc2)cc1. The van der Waals surface area contributed by atoms with Crippen molar-refractivity contribution < 1.29 is 18.0 Å². The fourth-order valence-corrected chi connectivity index (χ4v) is 3.82. The standard InChI is InChI=1S/C25H25F3N6O/c1-3-34(4-2)15-16-5-9-18(10-6-16)30-24(35)31-19-11-7-17(8-12-19)20-13-14-29-23-21(20)22(32-33-23)25(26,27)28/h5-14H,3-4,15H2,1-2H3,(H,29,32,33)(H2,30,31,35). The molecule has 2 amide bonds. The van der Waals surface area contributed by atoms with Gasteiger partial charge in [-0.15, -0.1) is 0 Å². The molecule has 0 bridgehead atoms. The zero-order valence-electron chi connectivity index (χ0n) is 19.3. The summed E-state index contributed by atoms with van der Waals surface area (Å²) in [6, 6.07) is 15.3. The summed E-state index contributed by atoms with van der Waals surface area (Å²) in [7, 11) is 0. The van der Waals surface area contributed by atoms with Crippen molar-refractivity contribution in [2.24, 2.45) is 0 Å². The van der Waals surface area contributed by atoms with Crippen molar-refractivity contribution in [3.8, 4) is 11.1 Å². The van der Waals surface area contributed by atoms with Crippen LogP contribution in [0.5, 0.6) is 0 Å². The third kappa shape index (κ3) is 5.60. The highest BCUT2D eigenvalue weighted by Gasteiger charge is 2.36. The number of nitrogens with zero attached hydrogens (tertiary/aromatic N) is 3. The Bertz CT molecular complexity index is 1300. The lowest BCUT2D eigenvalue weighted by molar-refractivity contribution is -0.139. The molecule has 4 aromatic rings. The van der Waals surface area contributed by atoms with Crippen molar-refractivity contribution in [1.29, 1.82) is 0 Å². The molecule has 0 spiro atoms. The number of halogens is 3. The van der Waals surface area contributed by atoms with Gasteiger partial charge in [0, 0.05) is 24.1 Å². The first kappa shape index (κ1) is 24.2. The van der Waals surface area contributed by atoms with Crippen molar-refractivity contribution in [1.82, 2.24) is 20.1 Å². The van der Waals surface area contributed by atoms with Gasteiger partial charge in [0.2, 0.25) is 0 Å². The summed E-state index contributed by atoms with van der Waals surface area (Å²) >= 11 is 0. The number of rotatable bonds is 7. The summed E-state index contributed by atoms with van der Waals surface area (Å²) in [5.41, 5.74) is 2.24. The summed E-state index contributed by atoms with van der Waals surface area (Å²) in [5.74, 6) is 0. The molecule has 7 nitrogen and oxygen atoms in total. The number of benzene rings is 2. The second-order valence-corrected chi connectivity index (χ2v) is 7.97. The fraction of sp³-hybridized carbons (Fsp3) is 0.240. The molecule has 0 saturated carbocycles. The molecule has 10 heteroatoms. The van der Waals surface area contributed by atoms with E-state index in [-0.39, 0.29) is 11.0 Å². The highest BCUT2D eigenvalue weighted by Crippen LogP contribution is 2.37. The van der Waals surface area contributed by atoms with Crippen LogP contribution < -0.4 is 10.6 Å². The third-order valence-corrected chi connectivity index (χ3v) is 5.70. The molecule has 0 fully saturated rings. The number of amides is 2. The topological polar surface area (TPSA) is 85.9 Å². The summed E-state index contributed by atoms with van der Waals surface area (Å²) < 4.78 is 40.2. The number of nitrogens with one attached hydrogen (secondary N) is 3. The Kier molecular flexibility index (Phi) is 7.02. The van der Waals surface area contributed by atoms with Crippen molar-refractivity contribution in [3.63, 3.8) is 0 Å². The quantitative estimate of drug-likeness (QED) is 0.296. The first-order chi connectivity index (χ1) is 16.8. The van der Waals surface area contributed by atoms with E-state index in [0.717, 1.165) is 25.2 Å². The van der Waals surface area contributed by atoms with Gasteiger partial charge in [0.05, 0.1) is 5.39 Å². The first-order valence-corrected chi connectivity index (χ1v) is 11.2. The molecule has 2 aromatic carbocycles. The van der Waals surface area contributed by atoms with Crippen LogP contribution in [0.4, 0.5) is 29.3 Å². The minimum Gasteiger partial charge on any atom is -0.308 e. The van der Waals surface area contributed by atoms with E-state index in [1.54, 1.807) is 24.3 Å². The van der Waals surface area contributed by atoms with E-state index in [9.17, 15) is 18.0 Å². The molecule has 3 N–H and O–H groups in total. The predicted molar refractivity (Wildman–Crippen MR) is 130 cm³/mol. The fourth-order valence-electron chi connectivity index (χ4n) is 3.82. The maximum Gasteiger partial charge on any atom is 0.433 e. The van der Waals surface area contributed by atoms with Gasteiger partial charge in [0.25, 0.3) is 0 Å². The minimum absolute atomic E-state index is 0.0143. The van der Waals surface area contributed by atoms with Gasteiger partial charge in [0.15, 0.2) is 5.65 Å². The number of aromatic nitrogens is 3.